The van der Waals surface area contributed by atoms with Gasteiger partial charge in [-0.15, -0.1) is 0 Å². The smallest absolute Gasteiger partial charge is 0.321 e. The van der Waals surface area contributed by atoms with E-state index in [2.05, 4.69) is 39.5 Å². The van der Waals surface area contributed by atoms with Crippen LogP contribution in [0, 0.1) is 11.3 Å². The van der Waals surface area contributed by atoms with Crippen LogP contribution in [0.2, 0.25) is 0 Å². The van der Waals surface area contributed by atoms with Crippen molar-refractivity contribution in [3.8, 4) is 0 Å². The molecule has 0 bridgehead atoms. The molecule has 1 saturated carbocycles. The molecule has 0 spiro atoms. The second-order valence-electron chi connectivity index (χ2n) is 9.88. The van der Waals surface area contributed by atoms with Crippen LogP contribution in [0.15, 0.2) is 42.6 Å². The maximum Gasteiger partial charge on any atom is 0.321 e. The van der Waals surface area contributed by atoms with Gasteiger partial charge in [-0.1, -0.05) is 19.1 Å². The number of aromatic nitrogens is 2. The van der Waals surface area contributed by atoms with Gasteiger partial charge in [-0.25, -0.2) is 4.79 Å². The molecule has 2 aromatic rings. The first-order valence-electron chi connectivity index (χ1n) is 11.7. The van der Waals surface area contributed by atoms with E-state index in [1.165, 1.54) is 5.56 Å². The third-order valence-electron chi connectivity index (χ3n) is 7.33. The number of piperidine rings is 1. The maximum absolute atomic E-state index is 12.5. The third kappa shape index (κ3) is 4.47. The minimum atomic E-state index is -0.0701. The Hall–Kier alpha value is -2.96. The maximum atomic E-state index is 12.5. The topological polar surface area (TPSA) is 78.4 Å². The molecule has 1 aromatic carbocycles. The zero-order valence-electron chi connectivity index (χ0n) is 18.7. The number of carbonyl (C=O) groups is 2. The SMILES string of the molecule is CC1(C(=O)N2CCC(Cc3ccc(NC(=O)N4CC(c5cccnn5)C4)cc3)CC2)CC1. The number of benzene rings is 1. The van der Waals surface area contributed by atoms with Crippen molar-refractivity contribution in [2.24, 2.45) is 11.3 Å². The summed E-state index contributed by atoms with van der Waals surface area (Å²) in [7, 11) is 0. The molecule has 3 heterocycles. The van der Waals surface area contributed by atoms with Gasteiger partial charge in [-0.2, -0.15) is 10.2 Å². The van der Waals surface area contributed by atoms with Gasteiger partial charge in [0.25, 0.3) is 0 Å². The number of nitrogens with one attached hydrogen (secondary N) is 1. The minimum absolute atomic E-state index is 0.0558. The molecule has 3 aliphatic rings. The highest BCUT2D eigenvalue weighted by molar-refractivity contribution is 5.90. The molecule has 1 aromatic heterocycles. The van der Waals surface area contributed by atoms with Crippen molar-refractivity contribution in [3.05, 3.63) is 53.9 Å². The van der Waals surface area contributed by atoms with Gasteiger partial charge in [-0.3, -0.25) is 4.79 Å². The Kier molecular flexibility index (Phi) is 5.57. The van der Waals surface area contributed by atoms with Gasteiger partial charge >= 0.3 is 6.03 Å². The Morgan fingerprint density at radius 2 is 1.78 bits per heavy atom. The number of likely N-dealkylation sites (tertiary alicyclic amines) is 2. The highest BCUT2D eigenvalue weighted by atomic mass is 16.2. The summed E-state index contributed by atoms with van der Waals surface area (Å²) in [6.45, 7) is 5.21. The number of amides is 3. The molecule has 168 valence electrons. The number of hydrogen-bond acceptors (Lipinski definition) is 4. The van der Waals surface area contributed by atoms with Crippen LogP contribution in [0.25, 0.3) is 0 Å². The minimum Gasteiger partial charge on any atom is -0.342 e. The Bertz CT molecular complexity index is 960. The van der Waals surface area contributed by atoms with Crippen molar-refractivity contribution in [2.75, 3.05) is 31.5 Å². The van der Waals surface area contributed by atoms with E-state index in [9.17, 15) is 9.59 Å². The molecule has 32 heavy (non-hydrogen) atoms. The molecule has 5 rings (SSSR count). The Balaban J connectivity index is 1.06. The third-order valence-corrected chi connectivity index (χ3v) is 7.33. The second kappa shape index (κ2) is 8.52. The summed E-state index contributed by atoms with van der Waals surface area (Å²) in [6.07, 6.45) is 6.93. The molecule has 0 radical (unpaired) electrons. The zero-order valence-corrected chi connectivity index (χ0v) is 18.7. The fourth-order valence-electron chi connectivity index (χ4n) is 4.75. The molecule has 1 aliphatic carbocycles. The number of anilines is 1. The first-order chi connectivity index (χ1) is 15.5. The van der Waals surface area contributed by atoms with E-state index in [-0.39, 0.29) is 17.4 Å². The van der Waals surface area contributed by atoms with E-state index in [1.807, 2.05) is 24.3 Å². The predicted molar refractivity (Wildman–Crippen MR) is 122 cm³/mol. The van der Waals surface area contributed by atoms with Crippen LogP contribution < -0.4 is 5.32 Å². The predicted octanol–water partition coefficient (Wildman–Crippen LogP) is 3.69. The van der Waals surface area contributed by atoms with Crippen LogP contribution >= 0.6 is 0 Å². The molecular formula is C25H31N5O2. The molecule has 1 N–H and O–H groups in total. The second-order valence-corrected chi connectivity index (χ2v) is 9.88. The molecule has 0 unspecified atom stereocenters. The number of carbonyl (C=O) groups excluding carboxylic acids is 2. The molecule has 7 heteroatoms. The molecule has 2 saturated heterocycles. The van der Waals surface area contributed by atoms with Crippen LogP contribution in [-0.2, 0) is 11.2 Å². The van der Waals surface area contributed by atoms with Crippen LogP contribution in [0.3, 0.4) is 0 Å². The largest absolute Gasteiger partial charge is 0.342 e. The standard InChI is InChI=1S/C25H31N5O2/c1-25(10-11-25)23(31)29-13-8-19(9-14-29)15-18-4-6-21(7-5-18)27-24(32)30-16-20(17-30)22-3-2-12-26-28-22/h2-7,12,19-20H,8-11,13-17H2,1H3,(H,27,32). The number of urea groups is 1. The van der Waals surface area contributed by atoms with Crippen LogP contribution in [0.4, 0.5) is 10.5 Å². The number of hydrogen-bond donors (Lipinski definition) is 1. The van der Waals surface area contributed by atoms with Gasteiger partial charge < -0.3 is 15.1 Å². The van der Waals surface area contributed by atoms with Gasteiger partial charge in [0.2, 0.25) is 5.91 Å². The van der Waals surface area contributed by atoms with Crippen molar-refractivity contribution in [3.63, 3.8) is 0 Å². The van der Waals surface area contributed by atoms with Crippen LogP contribution in [0.5, 0.6) is 0 Å². The lowest BCUT2D eigenvalue weighted by Gasteiger charge is -2.38. The van der Waals surface area contributed by atoms with Crippen molar-refractivity contribution in [2.45, 2.75) is 44.9 Å². The normalized spacial score (nSPS) is 20.5. The van der Waals surface area contributed by atoms with E-state index >= 15 is 0 Å². The van der Waals surface area contributed by atoms with E-state index in [0.29, 0.717) is 24.9 Å². The lowest BCUT2D eigenvalue weighted by Crippen LogP contribution is -2.50. The van der Waals surface area contributed by atoms with Crippen molar-refractivity contribution in [1.82, 2.24) is 20.0 Å². The summed E-state index contributed by atoms with van der Waals surface area (Å²) >= 11 is 0. The van der Waals surface area contributed by atoms with Crippen LogP contribution in [0.1, 0.15) is 49.8 Å². The van der Waals surface area contributed by atoms with E-state index in [0.717, 1.165) is 56.6 Å². The highest BCUT2D eigenvalue weighted by Gasteiger charge is 2.47. The first kappa shape index (κ1) is 20.9. The summed E-state index contributed by atoms with van der Waals surface area (Å²) in [6, 6.07) is 12.0. The van der Waals surface area contributed by atoms with E-state index in [4.69, 9.17) is 0 Å². The molecule has 2 aliphatic heterocycles. The Morgan fingerprint density at radius 1 is 1.06 bits per heavy atom. The Labute approximate surface area is 189 Å². The summed E-state index contributed by atoms with van der Waals surface area (Å²) < 4.78 is 0. The van der Waals surface area contributed by atoms with Gasteiger partial charge in [0.15, 0.2) is 0 Å². The number of rotatable bonds is 5. The lowest BCUT2D eigenvalue weighted by molar-refractivity contribution is -0.137. The van der Waals surface area contributed by atoms with Crippen molar-refractivity contribution in [1.29, 1.82) is 0 Å². The van der Waals surface area contributed by atoms with Gasteiger partial charge in [0, 0.05) is 49.4 Å². The fourth-order valence-corrected chi connectivity index (χ4v) is 4.75. The van der Waals surface area contributed by atoms with Gasteiger partial charge in [0.1, 0.15) is 0 Å². The zero-order chi connectivity index (χ0) is 22.1. The summed E-state index contributed by atoms with van der Waals surface area (Å²) in [4.78, 5) is 28.9. The first-order valence-corrected chi connectivity index (χ1v) is 11.7. The lowest BCUT2D eigenvalue weighted by atomic mass is 9.89. The average molecular weight is 434 g/mol. The highest BCUT2D eigenvalue weighted by Crippen LogP contribution is 2.47. The average Bonchev–Trinajstić information content (AvgIpc) is 3.53. The quantitative estimate of drug-likeness (QED) is 0.780. The Morgan fingerprint density at radius 3 is 2.41 bits per heavy atom. The molecular weight excluding hydrogens is 402 g/mol. The summed E-state index contributed by atoms with van der Waals surface area (Å²) in [5.74, 6) is 1.25. The van der Waals surface area contributed by atoms with Crippen molar-refractivity contribution >= 4 is 17.6 Å². The number of nitrogens with zero attached hydrogens (tertiary/aromatic N) is 4. The molecule has 3 fully saturated rings. The molecule has 0 atom stereocenters. The summed E-state index contributed by atoms with van der Waals surface area (Å²) in [5.41, 5.74) is 2.99. The van der Waals surface area contributed by atoms with Gasteiger partial charge in [0.05, 0.1) is 5.69 Å². The summed E-state index contributed by atoms with van der Waals surface area (Å²) in [5, 5.41) is 11.0. The monoisotopic (exact) mass is 433 g/mol. The van der Waals surface area contributed by atoms with Crippen LogP contribution in [-0.4, -0.2) is 58.1 Å². The van der Waals surface area contributed by atoms with E-state index < -0.39 is 0 Å². The van der Waals surface area contributed by atoms with Gasteiger partial charge in [-0.05, 0) is 67.9 Å². The molecule has 3 amide bonds. The molecule has 7 nitrogen and oxygen atoms in total. The van der Waals surface area contributed by atoms with Crippen molar-refractivity contribution < 1.29 is 9.59 Å². The fraction of sp³-hybridized carbons (Fsp3) is 0.520. The van der Waals surface area contributed by atoms with E-state index in [1.54, 1.807) is 11.1 Å².